The molecule has 0 aromatic carbocycles. The molecule has 0 saturated carbocycles. The molecule has 7 nitrogen and oxygen atoms in total. The SMILES string of the molecule is CC(C)c1ccc(N)nc1C(F)(F)F.CC(C)c1cnc(N)nc1C(F)(F)F.Cc1nc(N)ccc1C(C)C. The van der Waals surface area contributed by atoms with Crippen molar-refractivity contribution >= 4 is 17.6 Å². The Kier molecular flexibility index (Phi) is 11.5. The highest BCUT2D eigenvalue weighted by Gasteiger charge is 2.37. The summed E-state index contributed by atoms with van der Waals surface area (Å²) in [5.41, 5.74) is 16.6. The zero-order valence-corrected chi connectivity index (χ0v) is 22.9. The Balaban J connectivity index is 0.000000295. The van der Waals surface area contributed by atoms with Gasteiger partial charge in [-0.15, -0.1) is 0 Å². The second-order valence-electron chi connectivity index (χ2n) is 9.58. The molecule has 13 heteroatoms. The number of nitrogens with two attached hydrogens (primary N) is 3. The van der Waals surface area contributed by atoms with Gasteiger partial charge in [-0.1, -0.05) is 53.7 Å². The molecule has 3 aromatic heterocycles. The maximum absolute atomic E-state index is 12.5. The summed E-state index contributed by atoms with van der Waals surface area (Å²) in [6, 6.07) is 6.64. The minimum atomic E-state index is -4.48. The summed E-state index contributed by atoms with van der Waals surface area (Å²) in [6.07, 6.45) is -7.79. The van der Waals surface area contributed by atoms with Crippen LogP contribution in [0.1, 0.15) is 93.1 Å². The summed E-state index contributed by atoms with van der Waals surface area (Å²) in [7, 11) is 0. The number of nitrogen functional groups attached to an aromatic ring is 3. The van der Waals surface area contributed by atoms with Gasteiger partial charge < -0.3 is 17.2 Å². The number of nitrogens with zero attached hydrogens (tertiary/aromatic N) is 4. The third kappa shape index (κ3) is 10.2. The van der Waals surface area contributed by atoms with Crippen molar-refractivity contribution in [1.29, 1.82) is 0 Å². The van der Waals surface area contributed by atoms with Crippen LogP contribution in [-0.4, -0.2) is 19.9 Å². The molecule has 216 valence electrons. The van der Waals surface area contributed by atoms with Gasteiger partial charge in [-0.2, -0.15) is 26.3 Å². The van der Waals surface area contributed by atoms with Gasteiger partial charge in [0.25, 0.3) is 0 Å². The molecule has 6 N–H and O–H groups in total. The van der Waals surface area contributed by atoms with Crippen LogP contribution in [0.4, 0.5) is 43.9 Å². The van der Waals surface area contributed by atoms with Crippen LogP contribution in [0.5, 0.6) is 0 Å². The zero-order valence-electron chi connectivity index (χ0n) is 22.9. The van der Waals surface area contributed by atoms with Crippen molar-refractivity contribution in [2.45, 2.75) is 78.6 Å². The first-order valence-electron chi connectivity index (χ1n) is 12.0. The lowest BCUT2D eigenvalue weighted by Crippen LogP contribution is -2.15. The van der Waals surface area contributed by atoms with E-state index in [1.807, 2.05) is 19.1 Å². The molecule has 3 aromatic rings. The van der Waals surface area contributed by atoms with Crippen molar-refractivity contribution < 1.29 is 26.3 Å². The summed E-state index contributed by atoms with van der Waals surface area (Å²) < 4.78 is 74.7. The van der Waals surface area contributed by atoms with Gasteiger partial charge in [0.2, 0.25) is 5.95 Å². The largest absolute Gasteiger partial charge is 0.433 e. The van der Waals surface area contributed by atoms with Gasteiger partial charge in [0.1, 0.15) is 17.3 Å². The van der Waals surface area contributed by atoms with E-state index in [2.05, 4.69) is 33.8 Å². The van der Waals surface area contributed by atoms with Crippen LogP contribution >= 0.6 is 0 Å². The van der Waals surface area contributed by atoms with Crippen molar-refractivity contribution in [2.75, 3.05) is 17.2 Å². The van der Waals surface area contributed by atoms with E-state index in [9.17, 15) is 26.3 Å². The Morgan fingerprint density at radius 2 is 1.00 bits per heavy atom. The number of aromatic nitrogens is 4. The van der Waals surface area contributed by atoms with E-state index in [0.717, 1.165) is 11.9 Å². The molecule has 0 unspecified atom stereocenters. The van der Waals surface area contributed by atoms with Crippen LogP contribution in [0.2, 0.25) is 0 Å². The highest BCUT2D eigenvalue weighted by Crippen LogP contribution is 2.34. The van der Waals surface area contributed by atoms with E-state index in [4.69, 9.17) is 17.2 Å². The lowest BCUT2D eigenvalue weighted by molar-refractivity contribution is -0.142. The molecule has 0 aliphatic carbocycles. The first kappa shape index (κ1) is 33.4. The van der Waals surface area contributed by atoms with E-state index in [0.29, 0.717) is 11.7 Å². The molecule has 0 aliphatic heterocycles. The highest BCUT2D eigenvalue weighted by molar-refractivity contribution is 5.37. The van der Waals surface area contributed by atoms with Gasteiger partial charge in [0, 0.05) is 17.5 Å². The Bertz CT molecular complexity index is 1150. The van der Waals surface area contributed by atoms with Gasteiger partial charge in [-0.3, -0.25) is 0 Å². The normalized spacial score (nSPS) is 11.7. The standard InChI is InChI=1S/C9H11F3N2.C9H14N2.C8H10F3N3/c1-5(2)6-3-4-7(13)14-8(6)9(10,11)12;1-6(2)8-4-5-9(10)11-7(8)3;1-4(2)5-3-13-7(12)14-6(5)8(9,10)11/h3-5H,1-2H3,(H2,13,14);4-6H,1-3H3,(H2,10,11);3-4H,1-2H3,(H2,12,13,14). The predicted octanol–water partition coefficient (Wildman–Crippen LogP) is 7.10. The Morgan fingerprint density at radius 3 is 1.41 bits per heavy atom. The molecular formula is C26H35F6N7. The number of pyridine rings is 2. The van der Waals surface area contributed by atoms with Gasteiger partial charge in [0.05, 0.1) is 0 Å². The molecule has 3 heterocycles. The molecule has 0 atom stereocenters. The number of hydrogen-bond donors (Lipinski definition) is 3. The molecule has 0 amide bonds. The van der Waals surface area contributed by atoms with Crippen LogP contribution in [-0.2, 0) is 12.4 Å². The number of anilines is 3. The quantitative estimate of drug-likeness (QED) is 0.292. The van der Waals surface area contributed by atoms with E-state index < -0.39 is 23.7 Å². The lowest BCUT2D eigenvalue weighted by atomic mass is 10.0. The van der Waals surface area contributed by atoms with Crippen molar-refractivity contribution in [2.24, 2.45) is 0 Å². The van der Waals surface area contributed by atoms with E-state index >= 15 is 0 Å². The number of aryl methyl sites for hydroxylation is 1. The topological polar surface area (TPSA) is 130 Å². The average molecular weight is 560 g/mol. The first-order valence-corrected chi connectivity index (χ1v) is 12.0. The van der Waals surface area contributed by atoms with Gasteiger partial charge in [-0.25, -0.2) is 19.9 Å². The summed E-state index contributed by atoms with van der Waals surface area (Å²) in [5.74, 6) is 0.158. The maximum Gasteiger partial charge on any atom is 0.433 e. The fourth-order valence-corrected chi connectivity index (χ4v) is 3.43. The molecule has 0 saturated heterocycles. The van der Waals surface area contributed by atoms with E-state index in [1.54, 1.807) is 27.7 Å². The maximum atomic E-state index is 12.5. The van der Waals surface area contributed by atoms with Crippen molar-refractivity contribution in [3.8, 4) is 0 Å². The predicted molar refractivity (Wildman–Crippen MR) is 141 cm³/mol. The first-order chi connectivity index (χ1) is 17.7. The number of rotatable bonds is 3. The Labute approximate surface area is 224 Å². The summed E-state index contributed by atoms with van der Waals surface area (Å²) in [6.45, 7) is 12.9. The van der Waals surface area contributed by atoms with Crippen LogP contribution in [0.3, 0.4) is 0 Å². The van der Waals surface area contributed by atoms with Crippen LogP contribution in [0.15, 0.2) is 30.5 Å². The van der Waals surface area contributed by atoms with Gasteiger partial charge in [-0.05, 0) is 47.9 Å². The third-order valence-electron chi connectivity index (χ3n) is 5.33. The van der Waals surface area contributed by atoms with Gasteiger partial charge >= 0.3 is 12.4 Å². The van der Waals surface area contributed by atoms with Crippen LogP contribution in [0, 0.1) is 6.92 Å². The highest BCUT2D eigenvalue weighted by atomic mass is 19.4. The lowest BCUT2D eigenvalue weighted by Gasteiger charge is -2.14. The Morgan fingerprint density at radius 1 is 0.590 bits per heavy atom. The second kappa shape index (κ2) is 13.4. The smallest absolute Gasteiger partial charge is 0.384 e. The second-order valence-corrected chi connectivity index (χ2v) is 9.58. The molecule has 0 spiro atoms. The van der Waals surface area contributed by atoms with Crippen LogP contribution in [0.25, 0.3) is 0 Å². The molecule has 3 rings (SSSR count). The summed E-state index contributed by atoms with van der Waals surface area (Å²) >= 11 is 0. The zero-order chi connectivity index (χ0) is 30.3. The number of halogens is 6. The minimum absolute atomic E-state index is 0.0618. The summed E-state index contributed by atoms with van der Waals surface area (Å²) in [4.78, 5) is 14.2. The van der Waals surface area contributed by atoms with Crippen LogP contribution < -0.4 is 17.2 Å². The van der Waals surface area contributed by atoms with Crippen molar-refractivity contribution in [3.63, 3.8) is 0 Å². The molecule has 0 radical (unpaired) electrons. The fraction of sp³-hybridized carbons (Fsp3) is 0.462. The number of alkyl halides is 6. The van der Waals surface area contributed by atoms with Crippen molar-refractivity contribution in [3.05, 3.63) is 64.2 Å². The minimum Gasteiger partial charge on any atom is -0.384 e. The van der Waals surface area contributed by atoms with E-state index in [-0.39, 0.29) is 34.7 Å². The van der Waals surface area contributed by atoms with Gasteiger partial charge in [0.15, 0.2) is 5.69 Å². The molecule has 39 heavy (non-hydrogen) atoms. The van der Waals surface area contributed by atoms with E-state index in [1.165, 1.54) is 17.7 Å². The average Bonchev–Trinajstić information content (AvgIpc) is 2.78. The Hall–Kier alpha value is -3.64. The monoisotopic (exact) mass is 559 g/mol. The molecular weight excluding hydrogens is 524 g/mol. The molecule has 0 bridgehead atoms. The molecule has 0 fully saturated rings. The van der Waals surface area contributed by atoms with Crippen molar-refractivity contribution in [1.82, 2.24) is 19.9 Å². The molecule has 0 aliphatic rings. The number of hydrogen-bond acceptors (Lipinski definition) is 7. The summed E-state index contributed by atoms with van der Waals surface area (Å²) in [5, 5.41) is 0. The third-order valence-corrected chi connectivity index (χ3v) is 5.33. The fourth-order valence-electron chi connectivity index (χ4n) is 3.43.